The zero-order valence-electron chi connectivity index (χ0n) is 10.1. The molecule has 0 amide bonds. The van der Waals surface area contributed by atoms with Crippen molar-refractivity contribution in [3.05, 3.63) is 44.4 Å². The molecular formula is C12H13Cl2N3S. The third-order valence-corrected chi connectivity index (χ3v) is 4.45. The zero-order valence-corrected chi connectivity index (χ0v) is 12.4. The van der Waals surface area contributed by atoms with Gasteiger partial charge in [-0.2, -0.15) is 0 Å². The summed E-state index contributed by atoms with van der Waals surface area (Å²) in [6, 6.07) is 5.91. The van der Waals surface area contributed by atoms with Crippen molar-refractivity contribution in [1.82, 2.24) is 14.9 Å². The van der Waals surface area contributed by atoms with Gasteiger partial charge < -0.3 is 5.32 Å². The summed E-state index contributed by atoms with van der Waals surface area (Å²) in [5, 5.41) is 8.49. The van der Waals surface area contributed by atoms with Gasteiger partial charge in [0.05, 0.1) is 20.6 Å². The minimum Gasteiger partial charge on any atom is -0.312 e. The van der Waals surface area contributed by atoms with Crippen LogP contribution < -0.4 is 5.32 Å². The first-order valence-corrected chi connectivity index (χ1v) is 7.04. The fourth-order valence-corrected chi connectivity index (χ4v) is 2.86. The van der Waals surface area contributed by atoms with E-state index in [9.17, 15) is 0 Å². The van der Waals surface area contributed by atoms with Gasteiger partial charge in [0.15, 0.2) is 0 Å². The number of rotatable bonds is 4. The van der Waals surface area contributed by atoms with Gasteiger partial charge in [0.2, 0.25) is 0 Å². The standard InChI is InChI=1S/C12H13Cl2N3S/c1-7-12(18-17-16-7)11(15-2)6-8-3-4-9(13)10(14)5-8/h3-5,11,15H,6H2,1-2H3. The first-order valence-electron chi connectivity index (χ1n) is 5.52. The Kier molecular flexibility index (Phi) is 4.56. The smallest absolute Gasteiger partial charge is 0.0772 e. The van der Waals surface area contributed by atoms with E-state index in [1.54, 1.807) is 0 Å². The summed E-state index contributed by atoms with van der Waals surface area (Å²) in [4.78, 5) is 1.16. The molecule has 1 aromatic heterocycles. The highest BCUT2D eigenvalue weighted by Crippen LogP contribution is 2.27. The van der Waals surface area contributed by atoms with E-state index < -0.39 is 0 Å². The Balaban J connectivity index is 2.20. The molecule has 0 saturated carbocycles. The van der Waals surface area contributed by atoms with Crippen molar-refractivity contribution in [3.8, 4) is 0 Å². The summed E-state index contributed by atoms with van der Waals surface area (Å²) in [7, 11) is 1.93. The minimum atomic E-state index is 0.197. The zero-order chi connectivity index (χ0) is 13.1. The van der Waals surface area contributed by atoms with Crippen molar-refractivity contribution in [2.45, 2.75) is 19.4 Å². The molecule has 6 heteroatoms. The third kappa shape index (κ3) is 3.01. The van der Waals surface area contributed by atoms with Crippen molar-refractivity contribution in [2.24, 2.45) is 0 Å². The normalized spacial score (nSPS) is 12.7. The second-order valence-corrected chi connectivity index (χ2v) is 5.62. The van der Waals surface area contributed by atoms with Crippen LogP contribution in [0.4, 0.5) is 0 Å². The van der Waals surface area contributed by atoms with Gasteiger partial charge in [0.1, 0.15) is 0 Å². The van der Waals surface area contributed by atoms with E-state index >= 15 is 0 Å². The third-order valence-electron chi connectivity index (χ3n) is 2.78. The number of aryl methyl sites for hydroxylation is 1. The highest BCUT2D eigenvalue weighted by Gasteiger charge is 2.16. The lowest BCUT2D eigenvalue weighted by Gasteiger charge is -2.15. The van der Waals surface area contributed by atoms with Crippen LogP contribution in [0.3, 0.4) is 0 Å². The Hall–Kier alpha value is -0.680. The summed E-state index contributed by atoms with van der Waals surface area (Å²) in [5.41, 5.74) is 2.11. The molecule has 0 spiro atoms. The molecule has 2 aromatic rings. The van der Waals surface area contributed by atoms with Crippen LogP contribution in [0.2, 0.25) is 10.0 Å². The first kappa shape index (κ1) is 13.7. The number of benzene rings is 1. The molecular weight excluding hydrogens is 289 g/mol. The highest BCUT2D eigenvalue weighted by molar-refractivity contribution is 7.05. The van der Waals surface area contributed by atoms with Gasteiger partial charge >= 0.3 is 0 Å². The maximum atomic E-state index is 6.02. The van der Waals surface area contributed by atoms with E-state index in [0.29, 0.717) is 10.0 Å². The highest BCUT2D eigenvalue weighted by atomic mass is 35.5. The number of hydrogen-bond acceptors (Lipinski definition) is 4. The van der Waals surface area contributed by atoms with Crippen molar-refractivity contribution >= 4 is 34.7 Å². The second kappa shape index (κ2) is 5.97. The molecule has 1 atom stereocenters. The molecule has 0 aliphatic heterocycles. The maximum absolute atomic E-state index is 6.02. The lowest BCUT2D eigenvalue weighted by Crippen LogP contribution is -2.18. The molecule has 3 nitrogen and oxygen atoms in total. The van der Waals surface area contributed by atoms with Gasteiger partial charge in [-0.05, 0) is 49.6 Å². The molecule has 0 aliphatic rings. The number of hydrogen-bond donors (Lipinski definition) is 1. The Morgan fingerprint density at radius 2 is 2.11 bits per heavy atom. The van der Waals surface area contributed by atoms with Gasteiger partial charge in [0, 0.05) is 6.04 Å². The summed E-state index contributed by atoms with van der Waals surface area (Å²) in [6.45, 7) is 1.97. The number of nitrogens with one attached hydrogen (secondary N) is 1. The lowest BCUT2D eigenvalue weighted by atomic mass is 10.0. The van der Waals surface area contributed by atoms with E-state index in [2.05, 4.69) is 14.9 Å². The molecule has 1 aromatic carbocycles. The van der Waals surface area contributed by atoms with Crippen LogP contribution in [-0.2, 0) is 6.42 Å². The number of nitrogens with zero attached hydrogens (tertiary/aromatic N) is 2. The van der Waals surface area contributed by atoms with Crippen LogP contribution in [0.15, 0.2) is 18.2 Å². The van der Waals surface area contributed by atoms with Crippen LogP contribution in [0, 0.1) is 6.92 Å². The van der Waals surface area contributed by atoms with E-state index in [0.717, 1.165) is 22.6 Å². The van der Waals surface area contributed by atoms with E-state index in [1.807, 2.05) is 32.2 Å². The fraction of sp³-hybridized carbons (Fsp3) is 0.333. The Labute approximate surface area is 120 Å². The molecule has 1 N–H and O–H groups in total. The van der Waals surface area contributed by atoms with Crippen molar-refractivity contribution < 1.29 is 0 Å². The molecule has 1 unspecified atom stereocenters. The van der Waals surface area contributed by atoms with Gasteiger partial charge in [-0.15, -0.1) is 5.10 Å². The number of halogens is 2. The molecule has 0 fully saturated rings. The molecule has 1 heterocycles. The minimum absolute atomic E-state index is 0.197. The van der Waals surface area contributed by atoms with Crippen LogP contribution in [0.1, 0.15) is 22.2 Å². The van der Waals surface area contributed by atoms with Crippen LogP contribution in [0.25, 0.3) is 0 Å². The SMILES string of the molecule is CNC(Cc1ccc(Cl)c(Cl)c1)c1snnc1C. The Morgan fingerprint density at radius 3 is 2.67 bits per heavy atom. The van der Waals surface area contributed by atoms with Gasteiger partial charge in [-0.3, -0.25) is 0 Å². The summed E-state index contributed by atoms with van der Waals surface area (Å²) in [5.74, 6) is 0. The molecule has 18 heavy (non-hydrogen) atoms. The van der Waals surface area contributed by atoms with Gasteiger partial charge in [0.25, 0.3) is 0 Å². The van der Waals surface area contributed by atoms with Crippen LogP contribution in [0.5, 0.6) is 0 Å². The predicted octanol–water partition coefficient (Wildman–Crippen LogP) is 3.66. The number of likely N-dealkylation sites (N-methyl/N-ethyl adjacent to an activating group) is 1. The van der Waals surface area contributed by atoms with E-state index in [-0.39, 0.29) is 6.04 Å². The molecule has 0 aliphatic carbocycles. The van der Waals surface area contributed by atoms with Crippen LogP contribution in [-0.4, -0.2) is 16.6 Å². The molecule has 0 bridgehead atoms. The second-order valence-electron chi connectivity index (χ2n) is 4.02. The van der Waals surface area contributed by atoms with Gasteiger partial charge in [-0.25, -0.2) is 0 Å². The molecule has 0 saturated heterocycles. The topological polar surface area (TPSA) is 37.8 Å². The maximum Gasteiger partial charge on any atom is 0.0772 e. The summed E-state index contributed by atoms with van der Waals surface area (Å²) >= 11 is 13.4. The number of aromatic nitrogens is 2. The van der Waals surface area contributed by atoms with E-state index in [4.69, 9.17) is 23.2 Å². The fourth-order valence-electron chi connectivity index (χ4n) is 1.78. The Morgan fingerprint density at radius 1 is 1.33 bits per heavy atom. The van der Waals surface area contributed by atoms with Crippen molar-refractivity contribution in [3.63, 3.8) is 0 Å². The average molecular weight is 302 g/mol. The largest absolute Gasteiger partial charge is 0.312 e. The summed E-state index contributed by atoms with van der Waals surface area (Å²) < 4.78 is 3.97. The predicted molar refractivity (Wildman–Crippen MR) is 76.6 cm³/mol. The Bertz CT molecular complexity index is 542. The lowest BCUT2D eigenvalue weighted by molar-refractivity contribution is 0.597. The van der Waals surface area contributed by atoms with Gasteiger partial charge in [-0.1, -0.05) is 33.8 Å². The molecule has 2 rings (SSSR count). The van der Waals surface area contributed by atoms with Crippen LogP contribution >= 0.6 is 34.7 Å². The quantitative estimate of drug-likeness (QED) is 0.936. The van der Waals surface area contributed by atoms with Crippen molar-refractivity contribution in [1.29, 1.82) is 0 Å². The first-order chi connectivity index (χ1) is 8.61. The van der Waals surface area contributed by atoms with E-state index in [1.165, 1.54) is 11.5 Å². The average Bonchev–Trinajstić information content (AvgIpc) is 2.77. The van der Waals surface area contributed by atoms with Crippen molar-refractivity contribution in [2.75, 3.05) is 7.05 Å². The monoisotopic (exact) mass is 301 g/mol. The molecule has 96 valence electrons. The molecule has 0 radical (unpaired) electrons. The summed E-state index contributed by atoms with van der Waals surface area (Å²) in [6.07, 6.45) is 0.831.